The van der Waals surface area contributed by atoms with Crippen LogP contribution in [-0.2, 0) is 9.59 Å². The first-order valence-corrected chi connectivity index (χ1v) is 3.97. The zero-order valence-electron chi connectivity index (χ0n) is 6.85. The van der Waals surface area contributed by atoms with Crippen LogP contribution in [0, 0.1) is 0 Å². The van der Waals surface area contributed by atoms with Crippen LogP contribution >= 0.6 is 0 Å². The summed E-state index contributed by atoms with van der Waals surface area (Å²) in [5.74, 6) is -1.78. The molecule has 1 saturated heterocycles. The summed E-state index contributed by atoms with van der Waals surface area (Å²) >= 11 is 0. The standard InChI is InChI=1S/C7H10F2N2O2/c8-5(9)7(13)11-4-2-1-3-10-6(4)12/h4-5H,1-3H2,(H,10,12)(H,11,13). The summed E-state index contributed by atoms with van der Waals surface area (Å²) in [4.78, 5) is 21.5. The molecule has 0 aromatic rings. The van der Waals surface area contributed by atoms with E-state index in [-0.39, 0.29) is 5.91 Å². The van der Waals surface area contributed by atoms with E-state index in [0.717, 1.165) is 0 Å². The summed E-state index contributed by atoms with van der Waals surface area (Å²) in [5, 5.41) is 4.44. The van der Waals surface area contributed by atoms with E-state index in [2.05, 4.69) is 5.32 Å². The molecule has 0 bridgehead atoms. The van der Waals surface area contributed by atoms with E-state index in [1.807, 2.05) is 5.32 Å². The largest absolute Gasteiger partial charge is 0.354 e. The van der Waals surface area contributed by atoms with E-state index in [0.29, 0.717) is 19.4 Å². The zero-order chi connectivity index (χ0) is 9.84. The van der Waals surface area contributed by atoms with E-state index in [1.165, 1.54) is 0 Å². The molecule has 0 radical (unpaired) electrons. The van der Waals surface area contributed by atoms with Crippen molar-refractivity contribution in [1.29, 1.82) is 0 Å². The predicted octanol–water partition coefficient (Wildman–Crippen LogP) is -0.354. The van der Waals surface area contributed by atoms with Crippen LogP contribution < -0.4 is 10.6 Å². The molecule has 1 heterocycles. The Kier molecular flexibility index (Phi) is 3.16. The first-order chi connectivity index (χ1) is 6.11. The maximum Gasteiger partial charge on any atom is 0.315 e. The lowest BCUT2D eigenvalue weighted by Gasteiger charge is -2.22. The second kappa shape index (κ2) is 4.15. The number of hydrogen-bond acceptors (Lipinski definition) is 2. The summed E-state index contributed by atoms with van der Waals surface area (Å²) in [7, 11) is 0. The number of nitrogens with one attached hydrogen (secondary N) is 2. The van der Waals surface area contributed by atoms with Gasteiger partial charge in [-0.3, -0.25) is 9.59 Å². The van der Waals surface area contributed by atoms with Crippen molar-refractivity contribution in [1.82, 2.24) is 10.6 Å². The Bertz CT molecular complexity index is 221. The lowest BCUT2D eigenvalue weighted by molar-refractivity contribution is -0.136. The van der Waals surface area contributed by atoms with Gasteiger partial charge in [0.15, 0.2) is 0 Å². The highest BCUT2D eigenvalue weighted by atomic mass is 19.3. The fraction of sp³-hybridized carbons (Fsp3) is 0.714. The van der Waals surface area contributed by atoms with E-state index in [4.69, 9.17) is 0 Å². The summed E-state index contributed by atoms with van der Waals surface area (Å²) < 4.78 is 23.5. The van der Waals surface area contributed by atoms with Crippen LogP contribution in [0.4, 0.5) is 8.78 Å². The number of hydrogen-bond donors (Lipinski definition) is 2. The molecule has 0 aromatic heterocycles. The maximum atomic E-state index is 11.8. The van der Waals surface area contributed by atoms with Crippen LogP contribution in [0.15, 0.2) is 0 Å². The second-order valence-electron chi connectivity index (χ2n) is 2.80. The summed E-state index contributed by atoms with van der Waals surface area (Å²) in [6.45, 7) is 0.542. The van der Waals surface area contributed by atoms with Gasteiger partial charge in [-0.15, -0.1) is 0 Å². The summed E-state index contributed by atoms with van der Waals surface area (Å²) in [5.41, 5.74) is 0. The zero-order valence-corrected chi connectivity index (χ0v) is 6.85. The lowest BCUT2D eigenvalue weighted by atomic mass is 10.1. The molecule has 2 amide bonds. The molecule has 13 heavy (non-hydrogen) atoms. The van der Waals surface area contributed by atoms with Crippen LogP contribution in [0.3, 0.4) is 0 Å². The molecule has 2 N–H and O–H groups in total. The molecular weight excluding hydrogens is 182 g/mol. The van der Waals surface area contributed by atoms with Gasteiger partial charge in [0.2, 0.25) is 5.91 Å². The SMILES string of the molecule is O=C(NC1CCCNC1=O)C(F)F. The summed E-state index contributed by atoms with van der Waals surface area (Å²) in [6, 6.07) is -0.796. The molecule has 6 heteroatoms. The van der Waals surface area contributed by atoms with Crippen molar-refractivity contribution in [2.45, 2.75) is 25.3 Å². The molecular formula is C7H10F2N2O2. The molecule has 1 unspecified atom stereocenters. The van der Waals surface area contributed by atoms with Crippen molar-refractivity contribution in [2.75, 3.05) is 6.54 Å². The van der Waals surface area contributed by atoms with Crippen LogP contribution in [-0.4, -0.2) is 30.8 Å². The number of halogens is 2. The Morgan fingerprint density at radius 1 is 1.62 bits per heavy atom. The van der Waals surface area contributed by atoms with E-state index < -0.39 is 18.4 Å². The average Bonchev–Trinajstić information content (AvgIpc) is 2.08. The number of amides is 2. The van der Waals surface area contributed by atoms with Gasteiger partial charge >= 0.3 is 6.43 Å². The molecule has 1 aliphatic heterocycles. The van der Waals surface area contributed by atoms with Crippen LogP contribution in [0.5, 0.6) is 0 Å². The van der Waals surface area contributed by atoms with Crippen LogP contribution in [0.2, 0.25) is 0 Å². The van der Waals surface area contributed by atoms with E-state index in [1.54, 1.807) is 0 Å². The van der Waals surface area contributed by atoms with Gasteiger partial charge in [0.25, 0.3) is 5.91 Å². The third-order valence-electron chi connectivity index (χ3n) is 1.80. The van der Waals surface area contributed by atoms with Gasteiger partial charge in [0.1, 0.15) is 6.04 Å². The highest BCUT2D eigenvalue weighted by Gasteiger charge is 2.26. The Morgan fingerprint density at radius 3 is 2.85 bits per heavy atom. The minimum atomic E-state index is -3.06. The first-order valence-electron chi connectivity index (χ1n) is 3.97. The number of alkyl halides is 2. The molecule has 1 aliphatic rings. The van der Waals surface area contributed by atoms with Crippen molar-refractivity contribution in [3.63, 3.8) is 0 Å². The normalized spacial score (nSPS) is 22.7. The van der Waals surface area contributed by atoms with E-state index in [9.17, 15) is 18.4 Å². The monoisotopic (exact) mass is 192 g/mol. The quantitative estimate of drug-likeness (QED) is 0.628. The summed E-state index contributed by atoms with van der Waals surface area (Å²) in [6.07, 6.45) is -1.95. The first kappa shape index (κ1) is 9.88. The number of carbonyl (C=O) groups excluding carboxylic acids is 2. The van der Waals surface area contributed by atoms with Crippen molar-refractivity contribution in [2.24, 2.45) is 0 Å². The molecule has 4 nitrogen and oxygen atoms in total. The Balaban J connectivity index is 2.43. The fourth-order valence-electron chi connectivity index (χ4n) is 1.14. The van der Waals surface area contributed by atoms with Gasteiger partial charge in [0, 0.05) is 6.54 Å². The molecule has 0 aliphatic carbocycles. The second-order valence-corrected chi connectivity index (χ2v) is 2.80. The maximum absolute atomic E-state index is 11.8. The lowest BCUT2D eigenvalue weighted by Crippen LogP contribution is -2.51. The van der Waals surface area contributed by atoms with Crippen molar-refractivity contribution in [3.8, 4) is 0 Å². The van der Waals surface area contributed by atoms with Crippen molar-refractivity contribution in [3.05, 3.63) is 0 Å². The number of piperidine rings is 1. The molecule has 0 aromatic carbocycles. The topological polar surface area (TPSA) is 58.2 Å². The molecule has 1 rings (SSSR count). The minimum Gasteiger partial charge on any atom is -0.354 e. The third-order valence-corrected chi connectivity index (χ3v) is 1.80. The molecule has 0 spiro atoms. The van der Waals surface area contributed by atoms with Crippen LogP contribution in [0.25, 0.3) is 0 Å². The van der Waals surface area contributed by atoms with Crippen molar-refractivity contribution < 1.29 is 18.4 Å². The Labute approximate surface area is 73.7 Å². The molecule has 74 valence electrons. The van der Waals surface area contributed by atoms with Crippen molar-refractivity contribution >= 4 is 11.8 Å². The van der Waals surface area contributed by atoms with Gasteiger partial charge < -0.3 is 10.6 Å². The Hall–Kier alpha value is -1.20. The molecule has 1 atom stereocenters. The Morgan fingerprint density at radius 2 is 2.31 bits per heavy atom. The molecule has 0 saturated carbocycles. The minimum absolute atomic E-state index is 0.389. The van der Waals surface area contributed by atoms with Gasteiger partial charge in [-0.25, -0.2) is 0 Å². The highest BCUT2D eigenvalue weighted by molar-refractivity contribution is 5.89. The van der Waals surface area contributed by atoms with Gasteiger partial charge in [0.05, 0.1) is 0 Å². The third kappa shape index (κ3) is 2.64. The smallest absolute Gasteiger partial charge is 0.315 e. The van der Waals surface area contributed by atoms with Gasteiger partial charge in [-0.2, -0.15) is 8.78 Å². The number of carbonyl (C=O) groups is 2. The highest BCUT2D eigenvalue weighted by Crippen LogP contribution is 2.03. The van der Waals surface area contributed by atoms with E-state index >= 15 is 0 Å². The predicted molar refractivity (Wildman–Crippen MR) is 40.2 cm³/mol. The van der Waals surface area contributed by atoms with Gasteiger partial charge in [-0.1, -0.05) is 0 Å². The van der Waals surface area contributed by atoms with Gasteiger partial charge in [-0.05, 0) is 12.8 Å². The van der Waals surface area contributed by atoms with Crippen LogP contribution in [0.1, 0.15) is 12.8 Å². The average molecular weight is 192 g/mol. The molecule has 1 fully saturated rings. The fourth-order valence-corrected chi connectivity index (χ4v) is 1.14. The number of rotatable bonds is 2.